The maximum atomic E-state index is 14.0. The zero-order chi connectivity index (χ0) is 18.3. The van der Waals surface area contributed by atoms with Gasteiger partial charge in [0.1, 0.15) is 5.54 Å². The number of benzene rings is 1. The number of nitrogens with zero attached hydrogens (tertiary/aromatic N) is 4. The summed E-state index contributed by atoms with van der Waals surface area (Å²) in [6, 6.07) is 10.3. The number of aliphatic imine (C=N–C) groups is 1. The van der Waals surface area contributed by atoms with Gasteiger partial charge < -0.3 is 10.6 Å². The molecule has 1 saturated heterocycles. The van der Waals surface area contributed by atoms with Crippen molar-refractivity contribution in [1.82, 2.24) is 9.97 Å². The molecule has 2 atom stereocenters. The molecular weight excluding hydrogens is 385 g/mol. The van der Waals surface area contributed by atoms with Gasteiger partial charge in [0.15, 0.2) is 11.0 Å². The number of anilines is 1. The van der Waals surface area contributed by atoms with Gasteiger partial charge in [-0.3, -0.25) is 0 Å². The number of hydrogen-bond acceptors (Lipinski definition) is 6. The average molecular weight is 408 g/mol. The van der Waals surface area contributed by atoms with Crippen LogP contribution in [0.3, 0.4) is 0 Å². The summed E-state index contributed by atoms with van der Waals surface area (Å²) in [5.74, 6) is 1.43. The molecule has 0 saturated carbocycles. The van der Waals surface area contributed by atoms with Crippen molar-refractivity contribution in [1.29, 1.82) is 0 Å². The molecule has 5 nitrogen and oxygen atoms in total. The molecule has 2 aliphatic heterocycles. The van der Waals surface area contributed by atoms with Gasteiger partial charge in [-0.2, -0.15) is 0 Å². The van der Waals surface area contributed by atoms with Crippen molar-refractivity contribution < 1.29 is 4.39 Å². The van der Waals surface area contributed by atoms with E-state index < -0.39 is 5.54 Å². The lowest BCUT2D eigenvalue weighted by atomic mass is 9.82. The first-order valence-electron chi connectivity index (χ1n) is 8.80. The van der Waals surface area contributed by atoms with Crippen LogP contribution < -0.4 is 10.6 Å². The second-order valence-electron chi connectivity index (χ2n) is 7.19. The van der Waals surface area contributed by atoms with Crippen LogP contribution >= 0.6 is 24.2 Å². The molecule has 0 spiro atoms. The van der Waals surface area contributed by atoms with Crippen molar-refractivity contribution in [3.63, 3.8) is 0 Å². The van der Waals surface area contributed by atoms with Crippen molar-refractivity contribution in [3.8, 4) is 0 Å². The Morgan fingerprint density at radius 1 is 1.30 bits per heavy atom. The third-order valence-corrected chi connectivity index (χ3v) is 6.11. The lowest BCUT2D eigenvalue weighted by Crippen LogP contribution is -2.40. The molecule has 1 aromatic heterocycles. The van der Waals surface area contributed by atoms with Gasteiger partial charge in [0.05, 0.1) is 18.4 Å². The van der Waals surface area contributed by atoms with Gasteiger partial charge in [-0.1, -0.05) is 55.9 Å². The quantitative estimate of drug-likeness (QED) is 0.842. The fourth-order valence-corrected chi connectivity index (χ4v) is 4.81. The van der Waals surface area contributed by atoms with E-state index in [1.54, 1.807) is 11.8 Å². The predicted octanol–water partition coefficient (Wildman–Crippen LogP) is 3.55. The fraction of sp³-hybridized carbons (Fsp3) is 0.421. The van der Waals surface area contributed by atoms with E-state index in [-0.39, 0.29) is 24.1 Å². The van der Waals surface area contributed by atoms with Crippen LogP contribution in [0.1, 0.15) is 31.0 Å². The largest absolute Gasteiger partial charge is 0.379 e. The molecule has 1 aromatic carbocycles. The van der Waals surface area contributed by atoms with Crippen LogP contribution in [0.5, 0.6) is 0 Å². The number of rotatable bonds is 3. The Balaban J connectivity index is 0.00000210. The molecule has 0 radical (unpaired) electrons. The lowest BCUT2D eigenvalue weighted by molar-refractivity contribution is 0.387. The smallest absolute Gasteiger partial charge is 0.225 e. The number of thioether (sulfide) groups is 1. The Morgan fingerprint density at radius 2 is 2.04 bits per heavy atom. The molecule has 144 valence electrons. The van der Waals surface area contributed by atoms with Crippen molar-refractivity contribution in [2.75, 3.05) is 23.7 Å². The highest BCUT2D eigenvalue weighted by molar-refractivity contribution is 8.13. The number of hydrogen-bond donors (Lipinski definition) is 1. The summed E-state index contributed by atoms with van der Waals surface area (Å²) >= 11 is 1.60. The summed E-state index contributed by atoms with van der Waals surface area (Å²) in [5.41, 5.74) is 7.31. The molecule has 0 amide bonds. The molecule has 0 unspecified atom stereocenters. The van der Waals surface area contributed by atoms with Gasteiger partial charge in [-0.05, 0) is 11.5 Å². The summed E-state index contributed by atoms with van der Waals surface area (Å²) in [4.78, 5) is 15.8. The first-order valence-corrected chi connectivity index (χ1v) is 9.79. The highest BCUT2D eigenvalue weighted by atomic mass is 35.5. The highest BCUT2D eigenvalue weighted by Crippen LogP contribution is 2.46. The maximum Gasteiger partial charge on any atom is 0.225 e. The molecule has 1 fully saturated rings. The Kier molecular flexibility index (Phi) is 5.63. The van der Waals surface area contributed by atoms with E-state index >= 15 is 0 Å². The SMILES string of the molecule is CC(C)c1nc(N2C[C@H]3CSC(N)=N[C@@]3(c3ccccc3)C2)ncc1F.Cl. The third-order valence-electron chi connectivity index (χ3n) is 5.15. The molecule has 2 N–H and O–H groups in total. The highest BCUT2D eigenvalue weighted by Gasteiger charge is 2.50. The molecule has 2 aromatic rings. The number of nitrogens with two attached hydrogens (primary N) is 1. The van der Waals surface area contributed by atoms with Gasteiger partial charge in [0.2, 0.25) is 5.95 Å². The standard InChI is InChI=1S/C19H22FN5S.ClH/c1-12(2)16-15(20)8-22-18(23-16)25-9-14-10-26-17(21)24-19(14,11-25)13-6-4-3-5-7-13;/h3-8,12,14H,9-11H2,1-2H3,(H2,21,24);1H/t14-,19+;/m0./s1. The van der Waals surface area contributed by atoms with Crippen LogP contribution in [-0.4, -0.2) is 34.0 Å². The van der Waals surface area contributed by atoms with E-state index in [2.05, 4.69) is 27.0 Å². The number of amidine groups is 1. The second kappa shape index (κ2) is 7.64. The van der Waals surface area contributed by atoms with Crippen LogP contribution in [0.15, 0.2) is 41.5 Å². The molecule has 27 heavy (non-hydrogen) atoms. The van der Waals surface area contributed by atoms with Gasteiger partial charge in [-0.25, -0.2) is 19.4 Å². The van der Waals surface area contributed by atoms with E-state index in [1.165, 1.54) is 6.20 Å². The van der Waals surface area contributed by atoms with Crippen molar-refractivity contribution in [2.45, 2.75) is 25.3 Å². The molecule has 4 rings (SSSR count). The minimum atomic E-state index is -0.396. The van der Waals surface area contributed by atoms with Crippen molar-refractivity contribution >= 4 is 35.3 Å². The summed E-state index contributed by atoms with van der Waals surface area (Å²) in [5, 5.41) is 0.620. The zero-order valence-corrected chi connectivity index (χ0v) is 16.9. The Hall–Kier alpha value is -1.86. The van der Waals surface area contributed by atoms with Gasteiger partial charge in [0.25, 0.3) is 0 Å². The third kappa shape index (κ3) is 3.50. The first kappa shape index (κ1) is 19.9. The topological polar surface area (TPSA) is 67.4 Å². The summed E-state index contributed by atoms with van der Waals surface area (Å²) in [6.07, 6.45) is 1.28. The van der Waals surface area contributed by atoms with E-state index in [9.17, 15) is 4.39 Å². The lowest BCUT2D eigenvalue weighted by Gasteiger charge is -2.34. The normalized spacial score (nSPS) is 24.4. The molecule has 2 aliphatic rings. The zero-order valence-electron chi connectivity index (χ0n) is 15.3. The van der Waals surface area contributed by atoms with Crippen LogP contribution in [0.4, 0.5) is 10.3 Å². The Bertz CT molecular complexity index is 847. The fourth-order valence-electron chi connectivity index (χ4n) is 3.83. The van der Waals surface area contributed by atoms with E-state index in [4.69, 9.17) is 10.7 Å². The van der Waals surface area contributed by atoms with Gasteiger partial charge >= 0.3 is 0 Å². The van der Waals surface area contributed by atoms with Crippen LogP contribution in [-0.2, 0) is 5.54 Å². The van der Waals surface area contributed by atoms with Crippen LogP contribution in [0.25, 0.3) is 0 Å². The van der Waals surface area contributed by atoms with Crippen LogP contribution in [0, 0.1) is 11.7 Å². The van der Waals surface area contributed by atoms with Crippen molar-refractivity contribution in [3.05, 3.63) is 53.6 Å². The van der Waals surface area contributed by atoms with Crippen molar-refractivity contribution in [2.24, 2.45) is 16.6 Å². The molecular formula is C19H23ClFN5S. The number of fused-ring (bicyclic) bond motifs is 1. The number of halogens is 2. The van der Waals surface area contributed by atoms with E-state index in [0.717, 1.165) is 17.9 Å². The average Bonchev–Trinajstić information content (AvgIpc) is 3.02. The molecule has 3 heterocycles. The summed E-state index contributed by atoms with van der Waals surface area (Å²) in [7, 11) is 0. The van der Waals surface area contributed by atoms with Gasteiger partial charge in [0, 0.05) is 18.2 Å². The monoisotopic (exact) mass is 407 g/mol. The van der Waals surface area contributed by atoms with E-state index in [0.29, 0.717) is 29.3 Å². The molecule has 0 aliphatic carbocycles. The van der Waals surface area contributed by atoms with Gasteiger partial charge in [-0.15, -0.1) is 12.4 Å². The minimum absolute atomic E-state index is 0. The first-order chi connectivity index (χ1) is 12.5. The van der Waals surface area contributed by atoms with Crippen LogP contribution in [0.2, 0.25) is 0 Å². The minimum Gasteiger partial charge on any atom is -0.379 e. The molecule has 8 heteroatoms. The predicted molar refractivity (Wildman–Crippen MR) is 111 cm³/mol. The summed E-state index contributed by atoms with van der Waals surface area (Å²) in [6.45, 7) is 5.30. The second-order valence-corrected chi connectivity index (χ2v) is 8.23. The Morgan fingerprint density at radius 3 is 2.74 bits per heavy atom. The Labute approximate surface area is 169 Å². The summed E-state index contributed by atoms with van der Waals surface area (Å²) < 4.78 is 14.0. The maximum absolute atomic E-state index is 14.0. The van der Waals surface area contributed by atoms with E-state index in [1.807, 2.05) is 32.0 Å². The number of aromatic nitrogens is 2. The molecule has 0 bridgehead atoms.